The van der Waals surface area contributed by atoms with Gasteiger partial charge in [-0.15, -0.1) is 0 Å². The second-order valence-electron chi connectivity index (χ2n) is 7.59. The molecule has 1 nitrogen and oxygen atoms in total. The summed E-state index contributed by atoms with van der Waals surface area (Å²) in [5.74, 6) is 3.03. The van der Waals surface area contributed by atoms with Gasteiger partial charge in [0.1, 0.15) is 0 Å². The van der Waals surface area contributed by atoms with Crippen molar-refractivity contribution in [3.05, 3.63) is 34.9 Å². The maximum atomic E-state index is 6.35. The predicted molar refractivity (Wildman–Crippen MR) is 83.8 cm³/mol. The van der Waals surface area contributed by atoms with E-state index in [9.17, 15) is 0 Å². The van der Waals surface area contributed by atoms with Crippen molar-refractivity contribution >= 4 is 11.6 Å². The Labute approximate surface area is 127 Å². The Bertz CT molecular complexity index is 475. The molecule has 0 aromatic heterocycles. The van der Waals surface area contributed by atoms with Gasteiger partial charge in [0, 0.05) is 17.1 Å². The van der Waals surface area contributed by atoms with Gasteiger partial charge in [-0.1, -0.05) is 29.8 Å². The summed E-state index contributed by atoms with van der Waals surface area (Å²) < 4.78 is 0. The maximum absolute atomic E-state index is 6.35. The highest BCUT2D eigenvalue weighted by Crippen LogP contribution is 2.57. The van der Waals surface area contributed by atoms with Gasteiger partial charge in [-0.2, -0.15) is 0 Å². The van der Waals surface area contributed by atoms with Crippen molar-refractivity contribution in [3.63, 3.8) is 0 Å². The average Bonchev–Trinajstić information content (AvgIpc) is 2.40. The number of nitrogens with zero attached hydrogens (tertiary/aromatic N) is 1. The molecule has 0 spiro atoms. The van der Waals surface area contributed by atoms with E-state index in [4.69, 9.17) is 11.6 Å². The number of hydrogen-bond donors (Lipinski definition) is 0. The lowest BCUT2D eigenvalue weighted by molar-refractivity contribution is -0.0821. The average molecular weight is 290 g/mol. The first-order valence-corrected chi connectivity index (χ1v) is 8.47. The third-order valence-corrected chi connectivity index (χ3v) is 6.55. The van der Waals surface area contributed by atoms with E-state index in [1.54, 1.807) is 0 Å². The summed E-state index contributed by atoms with van der Waals surface area (Å²) in [6.45, 7) is 1.01. The molecule has 5 rings (SSSR count). The molecule has 0 radical (unpaired) electrons. The highest BCUT2D eigenvalue weighted by atomic mass is 35.5. The molecule has 4 bridgehead atoms. The first kappa shape index (κ1) is 13.2. The predicted octanol–water partition coefficient (Wildman–Crippen LogP) is 4.74. The normalized spacial score (nSPS) is 38.6. The zero-order chi connectivity index (χ0) is 13.7. The molecule has 0 unspecified atom stereocenters. The Kier molecular flexibility index (Phi) is 3.12. The van der Waals surface area contributed by atoms with Gasteiger partial charge >= 0.3 is 0 Å². The van der Waals surface area contributed by atoms with Crippen molar-refractivity contribution < 1.29 is 0 Å². The molecule has 108 valence electrons. The van der Waals surface area contributed by atoms with Gasteiger partial charge in [-0.05, 0) is 75.0 Å². The second-order valence-corrected chi connectivity index (χ2v) is 8.00. The van der Waals surface area contributed by atoms with E-state index >= 15 is 0 Å². The summed E-state index contributed by atoms with van der Waals surface area (Å²) in [4.78, 5) is 2.64. The van der Waals surface area contributed by atoms with Crippen LogP contribution in [0.3, 0.4) is 0 Å². The lowest BCUT2D eigenvalue weighted by Crippen LogP contribution is -2.58. The molecular formula is C18H24ClN. The zero-order valence-corrected chi connectivity index (χ0v) is 13.1. The van der Waals surface area contributed by atoms with Crippen molar-refractivity contribution in [1.29, 1.82) is 0 Å². The molecule has 0 amide bonds. The molecular weight excluding hydrogens is 266 g/mol. The van der Waals surface area contributed by atoms with Crippen molar-refractivity contribution in [2.75, 3.05) is 7.05 Å². The molecule has 4 aliphatic rings. The van der Waals surface area contributed by atoms with Gasteiger partial charge in [0.25, 0.3) is 0 Å². The summed E-state index contributed by atoms with van der Waals surface area (Å²) >= 11 is 6.35. The molecule has 0 atom stereocenters. The van der Waals surface area contributed by atoms with Gasteiger partial charge in [0.2, 0.25) is 0 Å². The molecule has 0 N–H and O–H groups in total. The Balaban J connectivity index is 1.56. The van der Waals surface area contributed by atoms with Gasteiger partial charge in [0.15, 0.2) is 0 Å². The highest BCUT2D eigenvalue weighted by molar-refractivity contribution is 6.31. The minimum absolute atomic E-state index is 0.480. The number of rotatable bonds is 3. The Morgan fingerprint density at radius 3 is 2.15 bits per heavy atom. The van der Waals surface area contributed by atoms with Crippen LogP contribution in [0, 0.1) is 17.8 Å². The van der Waals surface area contributed by atoms with E-state index < -0.39 is 0 Å². The first-order valence-electron chi connectivity index (χ1n) is 8.09. The van der Waals surface area contributed by atoms with Gasteiger partial charge in [-0.3, -0.25) is 4.90 Å². The van der Waals surface area contributed by atoms with E-state index in [1.165, 1.54) is 44.1 Å². The number of benzene rings is 1. The SMILES string of the molecule is CN(Cc1ccccc1Cl)C12CC3CC(CC(C3)C1)C2. The van der Waals surface area contributed by atoms with Crippen LogP contribution in [0.1, 0.15) is 44.1 Å². The topological polar surface area (TPSA) is 3.24 Å². The molecule has 4 fully saturated rings. The van der Waals surface area contributed by atoms with Crippen molar-refractivity contribution in [2.24, 2.45) is 17.8 Å². The molecule has 0 heterocycles. The summed E-state index contributed by atoms with van der Waals surface area (Å²) in [6.07, 6.45) is 8.83. The van der Waals surface area contributed by atoms with Crippen LogP contribution >= 0.6 is 11.6 Å². The molecule has 4 aliphatic carbocycles. The fourth-order valence-electron chi connectivity index (χ4n) is 5.58. The van der Waals surface area contributed by atoms with Crippen LogP contribution < -0.4 is 0 Å². The minimum atomic E-state index is 0.480. The number of hydrogen-bond acceptors (Lipinski definition) is 1. The standard InChI is InChI=1S/C18H24ClN/c1-20(12-16-4-2-3-5-17(16)19)18-9-13-6-14(10-18)8-15(7-13)11-18/h2-5,13-15H,6-12H2,1H3. The highest BCUT2D eigenvalue weighted by Gasteiger charge is 2.52. The molecule has 1 aromatic rings. The van der Waals surface area contributed by atoms with Crippen LogP contribution in [0.2, 0.25) is 5.02 Å². The molecule has 0 aliphatic heterocycles. The largest absolute Gasteiger partial charge is 0.296 e. The van der Waals surface area contributed by atoms with E-state index in [0.29, 0.717) is 5.54 Å². The lowest BCUT2D eigenvalue weighted by Gasteiger charge is -2.60. The summed E-state index contributed by atoms with van der Waals surface area (Å²) in [7, 11) is 2.33. The van der Waals surface area contributed by atoms with Gasteiger partial charge < -0.3 is 0 Å². The van der Waals surface area contributed by atoms with Crippen molar-refractivity contribution in [3.8, 4) is 0 Å². The Morgan fingerprint density at radius 2 is 1.60 bits per heavy atom. The van der Waals surface area contributed by atoms with Crippen LogP contribution in [-0.4, -0.2) is 17.5 Å². The van der Waals surface area contributed by atoms with E-state index in [2.05, 4.69) is 24.1 Å². The van der Waals surface area contributed by atoms with Crippen LogP contribution in [-0.2, 0) is 6.54 Å². The van der Waals surface area contributed by atoms with Crippen molar-refractivity contribution in [2.45, 2.75) is 50.6 Å². The summed E-state index contributed by atoms with van der Waals surface area (Å²) in [6, 6.07) is 8.33. The lowest BCUT2D eigenvalue weighted by atomic mass is 9.52. The molecule has 2 heteroatoms. The third-order valence-electron chi connectivity index (χ3n) is 6.18. The van der Waals surface area contributed by atoms with Gasteiger partial charge in [-0.25, -0.2) is 0 Å². The van der Waals surface area contributed by atoms with E-state index in [-0.39, 0.29) is 0 Å². The molecule has 0 saturated heterocycles. The van der Waals surface area contributed by atoms with Crippen LogP contribution in [0.25, 0.3) is 0 Å². The van der Waals surface area contributed by atoms with Crippen LogP contribution in [0.4, 0.5) is 0 Å². The fourth-order valence-corrected chi connectivity index (χ4v) is 5.78. The van der Waals surface area contributed by atoms with Gasteiger partial charge in [0.05, 0.1) is 0 Å². The van der Waals surface area contributed by atoms with Crippen LogP contribution in [0.15, 0.2) is 24.3 Å². The molecule has 1 aromatic carbocycles. The van der Waals surface area contributed by atoms with Crippen molar-refractivity contribution in [1.82, 2.24) is 4.90 Å². The first-order chi connectivity index (χ1) is 9.64. The fraction of sp³-hybridized carbons (Fsp3) is 0.667. The number of halogens is 1. The maximum Gasteiger partial charge on any atom is 0.0451 e. The zero-order valence-electron chi connectivity index (χ0n) is 12.3. The van der Waals surface area contributed by atoms with Crippen LogP contribution in [0.5, 0.6) is 0 Å². The molecule has 4 saturated carbocycles. The van der Waals surface area contributed by atoms with E-state index in [1.807, 2.05) is 12.1 Å². The van der Waals surface area contributed by atoms with E-state index in [0.717, 1.165) is 29.3 Å². The second kappa shape index (κ2) is 4.74. The summed E-state index contributed by atoms with van der Waals surface area (Å²) in [5, 5.41) is 0.920. The third kappa shape index (κ3) is 2.10. The summed E-state index contributed by atoms with van der Waals surface area (Å²) in [5.41, 5.74) is 1.76. The molecule has 20 heavy (non-hydrogen) atoms. The quantitative estimate of drug-likeness (QED) is 0.777. The minimum Gasteiger partial charge on any atom is -0.296 e. The Morgan fingerprint density at radius 1 is 1.05 bits per heavy atom. The monoisotopic (exact) mass is 289 g/mol. The smallest absolute Gasteiger partial charge is 0.0451 e. The Hall–Kier alpha value is -0.530.